The number of aromatic nitrogens is 1. The van der Waals surface area contributed by atoms with Crippen molar-refractivity contribution in [1.82, 2.24) is 9.88 Å². The summed E-state index contributed by atoms with van der Waals surface area (Å²) in [5.74, 6) is 0. The Hall–Kier alpha value is -0.680. The van der Waals surface area contributed by atoms with E-state index in [1.54, 1.807) is 11.3 Å². The van der Waals surface area contributed by atoms with E-state index in [1.807, 2.05) is 11.6 Å². The van der Waals surface area contributed by atoms with E-state index in [4.69, 9.17) is 0 Å². The van der Waals surface area contributed by atoms with Crippen LogP contribution in [-0.2, 0) is 0 Å². The number of alkyl halides is 1. The van der Waals surface area contributed by atoms with Gasteiger partial charge in [-0.25, -0.2) is 9.37 Å². The fourth-order valence-corrected chi connectivity index (χ4v) is 3.57. The molecule has 94 valence electrons. The third kappa shape index (κ3) is 2.45. The number of nitrogens with zero attached hydrogens (tertiary/aromatic N) is 3. The van der Waals surface area contributed by atoms with Gasteiger partial charge in [0.1, 0.15) is 6.17 Å². The maximum Gasteiger partial charge on any atom is 0.185 e. The Morgan fingerprint density at radius 2 is 2.06 bits per heavy atom. The second kappa shape index (κ2) is 4.90. The van der Waals surface area contributed by atoms with Crippen LogP contribution in [0.5, 0.6) is 0 Å². The number of piperidine rings is 1. The van der Waals surface area contributed by atoms with E-state index in [0.717, 1.165) is 44.0 Å². The van der Waals surface area contributed by atoms with Gasteiger partial charge in [0.25, 0.3) is 0 Å². The Labute approximate surface area is 105 Å². The van der Waals surface area contributed by atoms with Crippen molar-refractivity contribution in [3.63, 3.8) is 0 Å². The van der Waals surface area contributed by atoms with Gasteiger partial charge in [-0.05, 0) is 19.3 Å². The van der Waals surface area contributed by atoms with Crippen molar-refractivity contribution in [3.05, 3.63) is 11.6 Å². The zero-order chi connectivity index (χ0) is 11.7. The lowest BCUT2D eigenvalue weighted by atomic mass is 10.0. The van der Waals surface area contributed by atoms with Crippen LogP contribution in [0.15, 0.2) is 11.6 Å². The molecule has 5 heteroatoms. The lowest BCUT2D eigenvalue weighted by Gasteiger charge is -2.36. The van der Waals surface area contributed by atoms with E-state index in [9.17, 15) is 4.39 Å². The zero-order valence-electron chi connectivity index (χ0n) is 9.89. The van der Waals surface area contributed by atoms with Crippen LogP contribution in [0.25, 0.3) is 0 Å². The Kier molecular flexibility index (Phi) is 3.29. The molecule has 2 aliphatic rings. The molecule has 0 amide bonds. The molecule has 3 nitrogen and oxygen atoms in total. The number of rotatable bonds is 2. The minimum atomic E-state index is -0.591. The molecular weight excluding hydrogens is 237 g/mol. The van der Waals surface area contributed by atoms with Gasteiger partial charge in [-0.1, -0.05) is 0 Å². The Morgan fingerprint density at radius 3 is 2.65 bits per heavy atom. The highest BCUT2D eigenvalue weighted by Gasteiger charge is 2.30. The third-order valence-corrected chi connectivity index (χ3v) is 4.67. The monoisotopic (exact) mass is 255 g/mol. The molecule has 1 unspecified atom stereocenters. The van der Waals surface area contributed by atoms with Crippen LogP contribution in [0.1, 0.15) is 19.3 Å². The lowest BCUT2D eigenvalue weighted by Crippen LogP contribution is -2.44. The van der Waals surface area contributed by atoms with Gasteiger partial charge in [-0.3, -0.25) is 4.90 Å². The molecule has 0 radical (unpaired) electrons. The maximum atomic E-state index is 13.2. The molecule has 0 saturated carbocycles. The first kappa shape index (κ1) is 11.4. The molecule has 0 N–H and O–H groups in total. The largest absolute Gasteiger partial charge is 0.348 e. The summed E-state index contributed by atoms with van der Waals surface area (Å²) in [5, 5.41) is 3.16. The van der Waals surface area contributed by atoms with Crippen molar-refractivity contribution in [2.24, 2.45) is 0 Å². The number of hydrogen-bond donors (Lipinski definition) is 0. The highest BCUT2D eigenvalue weighted by atomic mass is 32.1. The third-order valence-electron chi connectivity index (χ3n) is 3.83. The molecule has 2 saturated heterocycles. The van der Waals surface area contributed by atoms with Crippen LogP contribution < -0.4 is 4.90 Å². The second-order valence-corrected chi connectivity index (χ2v) is 5.79. The molecule has 0 aliphatic carbocycles. The summed E-state index contributed by atoms with van der Waals surface area (Å²) < 4.78 is 13.2. The molecule has 0 aromatic carbocycles. The Morgan fingerprint density at radius 1 is 1.24 bits per heavy atom. The molecule has 1 aromatic rings. The van der Waals surface area contributed by atoms with Crippen molar-refractivity contribution < 1.29 is 4.39 Å². The van der Waals surface area contributed by atoms with Gasteiger partial charge in [-0.2, -0.15) is 0 Å². The van der Waals surface area contributed by atoms with Crippen LogP contribution in [0.4, 0.5) is 9.52 Å². The van der Waals surface area contributed by atoms with Crippen LogP contribution in [-0.4, -0.2) is 48.3 Å². The van der Waals surface area contributed by atoms with Crippen molar-refractivity contribution >= 4 is 16.5 Å². The predicted molar refractivity (Wildman–Crippen MR) is 68.4 cm³/mol. The average molecular weight is 255 g/mol. The van der Waals surface area contributed by atoms with Crippen molar-refractivity contribution in [1.29, 1.82) is 0 Å². The van der Waals surface area contributed by atoms with Crippen molar-refractivity contribution in [3.8, 4) is 0 Å². The summed E-state index contributed by atoms with van der Waals surface area (Å²) in [6.45, 7) is 3.72. The fourth-order valence-electron chi connectivity index (χ4n) is 2.87. The Bertz CT molecular complexity index is 349. The van der Waals surface area contributed by atoms with Crippen LogP contribution in [0, 0.1) is 0 Å². The first-order valence-corrected chi connectivity index (χ1v) is 7.23. The van der Waals surface area contributed by atoms with E-state index in [0.29, 0.717) is 12.6 Å². The van der Waals surface area contributed by atoms with Crippen LogP contribution in [0.3, 0.4) is 0 Å². The molecule has 2 aliphatic heterocycles. The lowest BCUT2D eigenvalue weighted by molar-refractivity contribution is 0.192. The molecule has 0 bridgehead atoms. The molecule has 0 spiro atoms. The van der Waals surface area contributed by atoms with E-state index >= 15 is 0 Å². The predicted octanol–water partition coefficient (Wildman–Crippen LogP) is 2.16. The summed E-state index contributed by atoms with van der Waals surface area (Å²) in [5.41, 5.74) is 0. The van der Waals surface area contributed by atoms with Crippen molar-refractivity contribution in [2.75, 3.05) is 31.1 Å². The summed E-state index contributed by atoms with van der Waals surface area (Å²) in [6, 6.07) is 0.590. The molecule has 1 aromatic heterocycles. The molecule has 2 fully saturated rings. The first-order chi connectivity index (χ1) is 8.33. The minimum absolute atomic E-state index is 0.590. The van der Waals surface area contributed by atoms with Gasteiger partial charge in [0.05, 0.1) is 0 Å². The minimum Gasteiger partial charge on any atom is -0.348 e. The quantitative estimate of drug-likeness (QED) is 0.807. The van der Waals surface area contributed by atoms with Gasteiger partial charge in [0.15, 0.2) is 5.13 Å². The Balaban J connectivity index is 1.54. The number of thiazole rings is 1. The molecule has 17 heavy (non-hydrogen) atoms. The molecule has 3 heterocycles. The number of hydrogen-bond acceptors (Lipinski definition) is 4. The number of halogens is 1. The van der Waals surface area contributed by atoms with Gasteiger partial charge in [-0.15, -0.1) is 11.3 Å². The molecular formula is C12H18FN3S. The number of likely N-dealkylation sites (tertiary alicyclic amines) is 1. The zero-order valence-corrected chi connectivity index (χ0v) is 10.7. The average Bonchev–Trinajstić information content (AvgIpc) is 3.00. The smallest absolute Gasteiger partial charge is 0.185 e. The van der Waals surface area contributed by atoms with E-state index < -0.39 is 6.17 Å². The van der Waals surface area contributed by atoms with E-state index in [-0.39, 0.29) is 0 Å². The van der Waals surface area contributed by atoms with Crippen LogP contribution in [0.2, 0.25) is 0 Å². The summed E-state index contributed by atoms with van der Waals surface area (Å²) in [7, 11) is 0. The maximum absolute atomic E-state index is 13.2. The summed E-state index contributed by atoms with van der Waals surface area (Å²) >= 11 is 1.70. The van der Waals surface area contributed by atoms with Gasteiger partial charge < -0.3 is 4.90 Å². The second-order valence-electron chi connectivity index (χ2n) is 4.91. The number of anilines is 1. The SMILES string of the molecule is FC1CCN(C2CCN(c3nccs3)CC2)C1. The standard InChI is InChI=1S/C12H18FN3S/c13-10-1-5-16(9-10)11-2-6-15(7-3-11)12-14-4-8-17-12/h4,8,10-11H,1-3,5-7,9H2. The topological polar surface area (TPSA) is 19.4 Å². The van der Waals surface area contributed by atoms with Gasteiger partial charge >= 0.3 is 0 Å². The summed E-state index contributed by atoms with van der Waals surface area (Å²) in [4.78, 5) is 9.03. The van der Waals surface area contributed by atoms with Crippen LogP contribution >= 0.6 is 11.3 Å². The fraction of sp³-hybridized carbons (Fsp3) is 0.750. The molecule has 3 rings (SSSR count). The van der Waals surface area contributed by atoms with E-state index in [1.165, 1.54) is 0 Å². The highest BCUT2D eigenvalue weighted by molar-refractivity contribution is 7.13. The normalized spacial score (nSPS) is 27.8. The van der Waals surface area contributed by atoms with Gasteiger partial charge in [0, 0.05) is 43.8 Å². The van der Waals surface area contributed by atoms with E-state index in [2.05, 4.69) is 14.8 Å². The molecule has 1 atom stereocenters. The first-order valence-electron chi connectivity index (χ1n) is 6.35. The summed E-state index contributed by atoms with van der Waals surface area (Å²) in [6.07, 6.45) is 4.29. The highest BCUT2D eigenvalue weighted by Crippen LogP contribution is 2.26. The van der Waals surface area contributed by atoms with Gasteiger partial charge in [0.2, 0.25) is 0 Å². The van der Waals surface area contributed by atoms with Crippen molar-refractivity contribution in [2.45, 2.75) is 31.5 Å².